The molecular weight excluding hydrogens is 323 g/mol. The Labute approximate surface area is 141 Å². The summed E-state index contributed by atoms with van der Waals surface area (Å²) in [5.74, 6) is 0.252. The molecule has 0 aliphatic rings. The Balaban J connectivity index is 2.08. The number of ether oxygens (including phenoxy) is 1. The van der Waals surface area contributed by atoms with Crippen molar-refractivity contribution in [3.8, 4) is 28.3 Å². The van der Waals surface area contributed by atoms with Crippen molar-refractivity contribution in [2.24, 2.45) is 0 Å². The van der Waals surface area contributed by atoms with Crippen LogP contribution < -0.4 is 10.3 Å². The van der Waals surface area contributed by atoms with E-state index in [1.54, 1.807) is 54.2 Å². The fourth-order valence-corrected chi connectivity index (χ4v) is 2.73. The van der Waals surface area contributed by atoms with Crippen LogP contribution in [0, 0.1) is 5.82 Å². The zero-order valence-electron chi connectivity index (χ0n) is 13.2. The molecule has 0 fully saturated rings. The van der Waals surface area contributed by atoms with Crippen LogP contribution in [0.2, 0.25) is 0 Å². The molecule has 6 nitrogen and oxygen atoms in total. The molecule has 0 unspecified atom stereocenters. The number of hydrogen-bond donors (Lipinski definition) is 1. The van der Waals surface area contributed by atoms with E-state index in [1.165, 1.54) is 12.1 Å². The molecule has 124 valence electrons. The molecule has 0 aliphatic heterocycles. The van der Waals surface area contributed by atoms with Gasteiger partial charge in [0.2, 0.25) is 0 Å². The molecule has 1 N–H and O–H groups in total. The molecule has 7 heteroatoms. The Bertz CT molecular complexity index is 1110. The van der Waals surface area contributed by atoms with Crippen molar-refractivity contribution in [2.75, 3.05) is 7.11 Å². The maximum Gasteiger partial charge on any atom is 0.264 e. The van der Waals surface area contributed by atoms with Gasteiger partial charge >= 0.3 is 0 Å². The molecular formula is C18H13FN4O2. The van der Waals surface area contributed by atoms with Gasteiger partial charge in [-0.2, -0.15) is 10.2 Å². The Morgan fingerprint density at radius 3 is 2.72 bits per heavy atom. The zero-order valence-corrected chi connectivity index (χ0v) is 13.2. The number of aromatic nitrogens is 4. The second-order valence-corrected chi connectivity index (χ2v) is 5.41. The molecule has 0 aliphatic carbocycles. The lowest BCUT2D eigenvalue weighted by Crippen LogP contribution is -2.05. The first kappa shape index (κ1) is 15.1. The smallest absolute Gasteiger partial charge is 0.264 e. The minimum Gasteiger partial charge on any atom is -0.497 e. The number of H-pyrrole nitrogens is 1. The van der Waals surface area contributed by atoms with Gasteiger partial charge in [0.1, 0.15) is 17.3 Å². The van der Waals surface area contributed by atoms with E-state index in [0.717, 1.165) is 0 Å². The average Bonchev–Trinajstić information content (AvgIpc) is 3.01. The molecule has 0 saturated heterocycles. The molecule has 0 spiro atoms. The molecule has 1 aromatic carbocycles. The first-order valence-corrected chi connectivity index (χ1v) is 7.55. The van der Waals surface area contributed by atoms with Crippen molar-refractivity contribution >= 4 is 5.52 Å². The lowest BCUT2D eigenvalue weighted by atomic mass is 10.0. The van der Waals surface area contributed by atoms with Gasteiger partial charge in [0, 0.05) is 23.9 Å². The SMILES string of the molecule is COc1ccn2nc(-c3ccccc3F)c(-c3ccc(=O)[nH]n3)c2c1. The Morgan fingerprint density at radius 2 is 2.00 bits per heavy atom. The van der Waals surface area contributed by atoms with Crippen LogP contribution in [-0.2, 0) is 0 Å². The van der Waals surface area contributed by atoms with Crippen molar-refractivity contribution in [3.05, 3.63) is 70.9 Å². The maximum absolute atomic E-state index is 14.4. The van der Waals surface area contributed by atoms with Gasteiger partial charge in [0.25, 0.3) is 5.56 Å². The molecule has 0 bridgehead atoms. The van der Waals surface area contributed by atoms with E-state index in [9.17, 15) is 9.18 Å². The van der Waals surface area contributed by atoms with E-state index in [2.05, 4.69) is 15.3 Å². The van der Waals surface area contributed by atoms with Gasteiger partial charge in [-0.15, -0.1) is 0 Å². The average molecular weight is 336 g/mol. The number of rotatable bonds is 3. The van der Waals surface area contributed by atoms with Crippen LogP contribution in [0.5, 0.6) is 5.75 Å². The lowest BCUT2D eigenvalue weighted by Gasteiger charge is -2.04. The lowest BCUT2D eigenvalue weighted by molar-refractivity contribution is 0.414. The molecule has 0 saturated carbocycles. The molecule has 3 heterocycles. The van der Waals surface area contributed by atoms with Gasteiger partial charge in [-0.1, -0.05) is 12.1 Å². The second-order valence-electron chi connectivity index (χ2n) is 5.41. The van der Waals surface area contributed by atoms with Crippen LogP contribution in [0.3, 0.4) is 0 Å². The van der Waals surface area contributed by atoms with Crippen molar-refractivity contribution in [3.63, 3.8) is 0 Å². The third-order valence-corrected chi connectivity index (χ3v) is 3.91. The summed E-state index contributed by atoms with van der Waals surface area (Å²) >= 11 is 0. The second kappa shape index (κ2) is 5.86. The number of halogens is 1. The summed E-state index contributed by atoms with van der Waals surface area (Å²) in [6.45, 7) is 0. The Kier molecular flexibility index (Phi) is 3.53. The van der Waals surface area contributed by atoms with E-state index < -0.39 is 0 Å². The Morgan fingerprint density at radius 1 is 1.16 bits per heavy atom. The van der Waals surface area contributed by atoms with Crippen LogP contribution >= 0.6 is 0 Å². The van der Waals surface area contributed by atoms with Gasteiger partial charge in [-0.25, -0.2) is 14.0 Å². The molecule has 4 aromatic rings. The predicted molar refractivity (Wildman–Crippen MR) is 91.0 cm³/mol. The number of nitrogens with zero attached hydrogens (tertiary/aromatic N) is 3. The molecule has 3 aromatic heterocycles. The Hall–Kier alpha value is -3.48. The summed E-state index contributed by atoms with van der Waals surface area (Å²) in [5.41, 5.74) is 2.27. The standard InChI is InChI=1S/C18H13FN4O2/c1-25-11-8-9-23-15(10-11)17(14-6-7-16(24)21-20-14)18(22-23)12-4-2-3-5-13(12)19/h2-10H,1H3,(H,21,24). The minimum absolute atomic E-state index is 0.315. The number of pyridine rings is 1. The maximum atomic E-state index is 14.4. The monoisotopic (exact) mass is 336 g/mol. The van der Waals surface area contributed by atoms with Crippen molar-refractivity contribution in [1.82, 2.24) is 19.8 Å². The fourth-order valence-electron chi connectivity index (χ4n) is 2.73. The number of nitrogens with one attached hydrogen (secondary N) is 1. The number of hydrogen-bond acceptors (Lipinski definition) is 4. The van der Waals surface area contributed by atoms with E-state index in [-0.39, 0.29) is 11.4 Å². The summed E-state index contributed by atoms with van der Waals surface area (Å²) in [6, 6.07) is 12.9. The highest BCUT2D eigenvalue weighted by Gasteiger charge is 2.20. The number of fused-ring (bicyclic) bond motifs is 1. The predicted octanol–water partition coefficient (Wildman–Crippen LogP) is 2.90. The first-order valence-electron chi connectivity index (χ1n) is 7.55. The van der Waals surface area contributed by atoms with Crippen LogP contribution in [0.15, 0.2) is 59.5 Å². The van der Waals surface area contributed by atoms with Crippen LogP contribution in [0.4, 0.5) is 4.39 Å². The highest BCUT2D eigenvalue weighted by Crippen LogP contribution is 2.35. The summed E-state index contributed by atoms with van der Waals surface area (Å²) < 4.78 is 21.3. The number of methoxy groups -OCH3 is 1. The third kappa shape index (κ3) is 2.55. The van der Waals surface area contributed by atoms with Gasteiger partial charge in [-0.3, -0.25) is 4.79 Å². The summed E-state index contributed by atoms with van der Waals surface area (Å²) in [5, 5.41) is 11.0. The fraction of sp³-hybridized carbons (Fsp3) is 0.0556. The molecule has 0 atom stereocenters. The van der Waals surface area contributed by atoms with E-state index in [4.69, 9.17) is 4.74 Å². The number of aromatic amines is 1. The largest absolute Gasteiger partial charge is 0.497 e. The van der Waals surface area contributed by atoms with Crippen molar-refractivity contribution < 1.29 is 9.13 Å². The van der Waals surface area contributed by atoms with Crippen LogP contribution in [0.1, 0.15) is 0 Å². The van der Waals surface area contributed by atoms with E-state index in [1.807, 2.05) is 0 Å². The van der Waals surface area contributed by atoms with Gasteiger partial charge in [0.05, 0.1) is 23.9 Å². The zero-order chi connectivity index (χ0) is 17.4. The van der Waals surface area contributed by atoms with Crippen LogP contribution in [-0.4, -0.2) is 26.9 Å². The highest BCUT2D eigenvalue weighted by molar-refractivity contribution is 5.91. The topological polar surface area (TPSA) is 72.3 Å². The van der Waals surface area contributed by atoms with Gasteiger partial charge < -0.3 is 4.74 Å². The highest BCUT2D eigenvalue weighted by atomic mass is 19.1. The molecule has 0 radical (unpaired) electrons. The first-order chi connectivity index (χ1) is 12.2. The normalized spacial score (nSPS) is 11.0. The number of benzene rings is 1. The van der Waals surface area contributed by atoms with Gasteiger partial charge in [0.15, 0.2) is 0 Å². The third-order valence-electron chi connectivity index (χ3n) is 3.91. The molecule has 25 heavy (non-hydrogen) atoms. The van der Waals surface area contributed by atoms with Crippen LogP contribution in [0.25, 0.3) is 28.0 Å². The summed E-state index contributed by atoms with van der Waals surface area (Å²) in [6.07, 6.45) is 1.73. The van der Waals surface area contributed by atoms with E-state index in [0.29, 0.717) is 33.8 Å². The van der Waals surface area contributed by atoms with Crippen molar-refractivity contribution in [2.45, 2.75) is 0 Å². The van der Waals surface area contributed by atoms with Gasteiger partial charge in [-0.05, 0) is 24.3 Å². The van der Waals surface area contributed by atoms with E-state index >= 15 is 0 Å². The van der Waals surface area contributed by atoms with Crippen molar-refractivity contribution in [1.29, 1.82) is 0 Å². The molecule has 4 rings (SSSR count). The summed E-state index contributed by atoms with van der Waals surface area (Å²) in [7, 11) is 1.57. The molecule has 0 amide bonds. The summed E-state index contributed by atoms with van der Waals surface area (Å²) in [4.78, 5) is 11.3. The quantitative estimate of drug-likeness (QED) is 0.624. The minimum atomic E-state index is -0.386.